The molecule has 2 aromatic carbocycles. The van der Waals surface area contributed by atoms with Gasteiger partial charge in [0.25, 0.3) is 5.91 Å². The SMILES string of the molecule is CCNC(=S)NN=Cc1cc(Cl)c(OCC(=O)Nc2ccc(C)cc2)c(OC)c1. The van der Waals surface area contributed by atoms with Gasteiger partial charge in [-0.25, -0.2) is 0 Å². The molecule has 0 fully saturated rings. The van der Waals surface area contributed by atoms with Gasteiger partial charge in [0.15, 0.2) is 23.2 Å². The Morgan fingerprint density at radius 2 is 2.00 bits per heavy atom. The number of carbonyl (C=O) groups excluding carboxylic acids is 1. The second-order valence-electron chi connectivity index (χ2n) is 5.97. The number of aryl methyl sites for hydroxylation is 1. The van der Waals surface area contributed by atoms with Gasteiger partial charge in [0, 0.05) is 12.2 Å². The van der Waals surface area contributed by atoms with Crippen LogP contribution in [0, 0.1) is 6.92 Å². The standard InChI is InChI=1S/C20H23ClN4O3S/c1-4-22-20(29)25-23-11-14-9-16(21)19(17(10-14)27-3)28-12-18(26)24-15-7-5-13(2)6-8-15/h5-11H,4,12H2,1-3H3,(H,24,26)(H2,22,25,29). The van der Waals surface area contributed by atoms with Crippen molar-refractivity contribution in [2.45, 2.75) is 13.8 Å². The maximum Gasteiger partial charge on any atom is 0.262 e. The second kappa shape index (κ2) is 11.2. The fourth-order valence-corrected chi connectivity index (χ4v) is 2.76. The summed E-state index contributed by atoms with van der Waals surface area (Å²) in [5, 5.41) is 10.4. The molecular formula is C20H23ClN4O3S. The van der Waals surface area contributed by atoms with Gasteiger partial charge < -0.3 is 20.1 Å². The maximum atomic E-state index is 12.1. The Labute approximate surface area is 180 Å². The normalized spacial score (nSPS) is 10.5. The Hall–Kier alpha value is -2.84. The molecule has 0 atom stereocenters. The molecule has 29 heavy (non-hydrogen) atoms. The molecule has 7 nitrogen and oxygen atoms in total. The van der Waals surface area contributed by atoms with Crippen molar-refractivity contribution in [2.24, 2.45) is 5.10 Å². The lowest BCUT2D eigenvalue weighted by molar-refractivity contribution is -0.118. The van der Waals surface area contributed by atoms with Crippen LogP contribution in [0.5, 0.6) is 11.5 Å². The van der Waals surface area contributed by atoms with Crippen molar-refractivity contribution < 1.29 is 14.3 Å². The highest BCUT2D eigenvalue weighted by Crippen LogP contribution is 2.36. The molecule has 0 unspecified atom stereocenters. The number of hydrogen-bond donors (Lipinski definition) is 3. The van der Waals surface area contributed by atoms with E-state index in [0.717, 1.165) is 5.56 Å². The highest BCUT2D eigenvalue weighted by molar-refractivity contribution is 7.80. The molecule has 0 radical (unpaired) electrons. The van der Waals surface area contributed by atoms with E-state index in [0.29, 0.717) is 33.7 Å². The van der Waals surface area contributed by atoms with E-state index < -0.39 is 0 Å². The summed E-state index contributed by atoms with van der Waals surface area (Å²) in [6.07, 6.45) is 1.55. The van der Waals surface area contributed by atoms with Crippen LogP contribution in [0.1, 0.15) is 18.1 Å². The summed E-state index contributed by atoms with van der Waals surface area (Å²) in [4.78, 5) is 12.1. The highest BCUT2D eigenvalue weighted by atomic mass is 35.5. The first-order chi connectivity index (χ1) is 13.9. The van der Waals surface area contributed by atoms with Crippen molar-refractivity contribution in [3.05, 3.63) is 52.5 Å². The molecule has 0 saturated heterocycles. The third kappa shape index (κ3) is 7.24. The number of hydrogen-bond acceptors (Lipinski definition) is 5. The molecule has 0 aliphatic rings. The Bertz CT molecular complexity index is 888. The van der Waals surface area contributed by atoms with Crippen molar-refractivity contribution in [3.63, 3.8) is 0 Å². The smallest absolute Gasteiger partial charge is 0.262 e. The van der Waals surface area contributed by atoms with Gasteiger partial charge in [-0.1, -0.05) is 29.3 Å². The molecule has 0 heterocycles. The summed E-state index contributed by atoms with van der Waals surface area (Å²) in [6, 6.07) is 10.8. The van der Waals surface area contributed by atoms with E-state index in [1.807, 2.05) is 38.1 Å². The van der Waals surface area contributed by atoms with Crippen LogP contribution in [-0.4, -0.2) is 37.5 Å². The molecule has 0 aliphatic carbocycles. The van der Waals surface area contributed by atoms with Gasteiger partial charge >= 0.3 is 0 Å². The zero-order chi connectivity index (χ0) is 21.2. The van der Waals surface area contributed by atoms with E-state index >= 15 is 0 Å². The number of nitrogens with one attached hydrogen (secondary N) is 3. The van der Waals surface area contributed by atoms with Crippen LogP contribution in [0.2, 0.25) is 5.02 Å². The summed E-state index contributed by atoms with van der Waals surface area (Å²) < 4.78 is 10.9. The van der Waals surface area contributed by atoms with Gasteiger partial charge in [-0.05, 0) is 55.9 Å². The lowest BCUT2D eigenvalue weighted by atomic mass is 10.2. The minimum atomic E-state index is -0.307. The van der Waals surface area contributed by atoms with E-state index in [2.05, 4.69) is 21.2 Å². The maximum absolute atomic E-state index is 12.1. The monoisotopic (exact) mass is 434 g/mol. The fraction of sp³-hybridized carbons (Fsp3) is 0.250. The van der Waals surface area contributed by atoms with Crippen LogP contribution in [0.15, 0.2) is 41.5 Å². The van der Waals surface area contributed by atoms with E-state index in [1.165, 1.54) is 7.11 Å². The molecule has 1 amide bonds. The summed E-state index contributed by atoms with van der Waals surface area (Å²) in [5.74, 6) is 0.358. The van der Waals surface area contributed by atoms with E-state index in [-0.39, 0.29) is 18.3 Å². The predicted molar refractivity (Wildman–Crippen MR) is 120 cm³/mol. The number of rotatable bonds is 8. The van der Waals surface area contributed by atoms with E-state index in [4.69, 9.17) is 33.3 Å². The third-order valence-electron chi connectivity index (χ3n) is 3.65. The van der Waals surface area contributed by atoms with Gasteiger partial charge in [-0.2, -0.15) is 5.10 Å². The van der Waals surface area contributed by atoms with Crippen LogP contribution in [0.4, 0.5) is 5.69 Å². The highest BCUT2D eigenvalue weighted by Gasteiger charge is 2.13. The van der Waals surface area contributed by atoms with Crippen LogP contribution in [0.25, 0.3) is 0 Å². The average Bonchev–Trinajstić information content (AvgIpc) is 2.68. The molecular weight excluding hydrogens is 412 g/mol. The lowest BCUT2D eigenvalue weighted by Crippen LogP contribution is -2.31. The van der Waals surface area contributed by atoms with Crippen molar-refractivity contribution in [1.82, 2.24) is 10.7 Å². The Morgan fingerprint density at radius 1 is 1.28 bits per heavy atom. The van der Waals surface area contributed by atoms with Crippen molar-refractivity contribution in [1.29, 1.82) is 0 Å². The van der Waals surface area contributed by atoms with Gasteiger partial charge in [0.1, 0.15) is 0 Å². The number of anilines is 1. The number of benzene rings is 2. The minimum Gasteiger partial charge on any atom is -0.493 e. The first-order valence-corrected chi connectivity index (χ1v) is 9.65. The summed E-state index contributed by atoms with van der Waals surface area (Å²) in [5.41, 5.74) is 5.17. The van der Waals surface area contributed by atoms with Crippen LogP contribution in [0.3, 0.4) is 0 Å². The Morgan fingerprint density at radius 3 is 2.66 bits per heavy atom. The van der Waals surface area contributed by atoms with Crippen LogP contribution >= 0.6 is 23.8 Å². The summed E-state index contributed by atoms with van der Waals surface area (Å²) in [7, 11) is 1.49. The first-order valence-electron chi connectivity index (χ1n) is 8.86. The number of hydrazone groups is 1. The molecule has 154 valence electrons. The third-order valence-corrected chi connectivity index (χ3v) is 4.17. The topological polar surface area (TPSA) is 84.0 Å². The molecule has 3 N–H and O–H groups in total. The van der Waals surface area contributed by atoms with Gasteiger partial charge in [0.2, 0.25) is 0 Å². The molecule has 2 rings (SSSR count). The van der Waals surface area contributed by atoms with E-state index in [1.54, 1.807) is 18.3 Å². The van der Waals surface area contributed by atoms with Gasteiger partial charge in [-0.15, -0.1) is 0 Å². The second-order valence-corrected chi connectivity index (χ2v) is 6.78. The molecule has 2 aromatic rings. The lowest BCUT2D eigenvalue weighted by Gasteiger charge is -2.13. The molecule has 0 saturated carbocycles. The molecule has 0 bridgehead atoms. The molecule has 9 heteroatoms. The van der Waals surface area contributed by atoms with Gasteiger partial charge in [0.05, 0.1) is 18.3 Å². The number of carbonyl (C=O) groups is 1. The van der Waals surface area contributed by atoms with Crippen molar-refractivity contribution in [2.75, 3.05) is 25.6 Å². The number of nitrogens with zero attached hydrogens (tertiary/aromatic N) is 1. The largest absolute Gasteiger partial charge is 0.493 e. The van der Waals surface area contributed by atoms with E-state index in [9.17, 15) is 4.79 Å². The fourth-order valence-electron chi connectivity index (χ4n) is 2.29. The minimum absolute atomic E-state index is 0.212. The number of halogens is 1. The molecule has 0 spiro atoms. The summed E-state index contributed by atoms with van der Waals surface area (Å²) in [6.45, 7) is 4.40. The number of methoxy groups -OCH3 is 1. The zero-order valence-corrected chi connectivity index (χ0v) is 18.0. The molecule has 0 aliphatic heterocycles. The van der Waals surface area contributed by atoms with Crippen molar-refractivity contribution >= 4 is 46.7 Å². The first kappa shape index (κ1) is 22.4. The van der Waals surface area contributed by atoms with Gasteiger partial charge in [-0.3, -0.25) is 10.2 Å². The quantitative estimate of drug-likeness (QED) is 0.335. The number of thiocarbonyl (C=S) groups is 1. The van der Waals surface area contributed by atoms with Crippen LogP contribution in [-0.2, 0) is 4.79 Å². The average molecular weight is 435 g/mol. The number of ether oxygens (including phenoxy) is 2. The Kier molecular flexibility index (Phi) is 8.69. The van der Waals surface area contributed by atoms with Crippen LogP contribution < -0.4 is 25.5 Å². The Balaban J connectivity index is 2.01. The van der Waals surface area contributed by atoms with Crippen molar-refractivity contribution in [3.8, 4) is 11.5 Å². The molecule has 0 aromatic heterocycles. The predicted octanol–water partition coefficient (Wildman–Crippen LogP) is 3.49. The summed E-state index contributed by atoms with van der Waals surface area (Å²) >= 11 is 11.3. The number of amides is 1. The zero-order valence-electron chi connectivity index (χ0n) is 16.4.